The molecule has 0 aromatic carbocycles. The summed E-state index contributed by atoms with van der Waals surface area (Å²) in [5.41, 5.74) is 2.78. The zero-order chi connectivity index (χ0) is 41.3. The molecule has 9 nitrogen and oxygen atoms in total. The highest BCUT2D eigenvalue weighted by Gasteiger charge is 2.66. The van der Waals surface area contributed by atoms with Gasteiger partial charge in [-0.25, -0.2) is 0 Å². The molecule has 1 heterocycles. The van der Waals surface area contributed by atoms with E-state index in [1.807, 2.05) is 19.3 Å². The van der Waals surface area contributed by atoms with Gasteiger partial charge in [0.05, 0.1) is 17.5 Å². The molecule has 4 fully saturated rings. The molecule has 1 aromatic heterocycles. The Labute approximate surface area is 337 Å². The Hall–Kier alpha value is -2.91. The molecule has 0 radical (unpaired) electrons. The SMILES string of the molecule is CC=O.CNCCN(CCC12CCC3C(CCC4C3(C)CCC3C(C)(C)C(OC(=O)CC(C)(C)C(=O)O)CCC34C)C1=C(C(C)C)C(=O)C2)Cc1ccccn1. The molecule has 0 amide bonds. The number of allylic oxidation sites excluding steroid dienone is 2. The Morgan fingerprint density at radius 1 is 1.02 bits per heavy atom. The highest BCUT2D eigenvalue weighted by molar-refractivity contribution is 6.00. The van der Waals surface area contributed by atoms with Crippen molar-refractivity contribution in [3.63, 3.8) is 0 Å². The molecular weight excluding hydrogens is 703 g/mol. The number of ketones is 1. The molecule has 0 bridgehead atoms. The number of carboxylic acids is 1. The average molecular weight is 776 g/mol. The third kappa shape index (κ3) is 8.32. The molecule has 5 aliphatic carbocycles. The molecule has 9 heteroatoms. The number of rotatable bonds is 13. The first-order chi connectivity index (χ1) is 26.3. The molecule has 6 rings (SSSR count). The average Bonchev–Trinajstić information content (AvgIpc) is 3.43. The lowest BCUT2D eigenvalue weighted by molar-refractivity contribution is -0.214. The highest BCUT2D eigenvalue weighted by Crippen LogP contribution is 2.73. The minimum Gasteiger partial charge on any atom is -0.481 e. The van der Waals surface area contributed by atoms with Gasteiger partial charge in [0.15, 0.2) is 5.78 Å². The van der Waals surface area contributed by atoms with Crippen LogP contribution in [0.5, 0.6) is 0 Å². The number of Topliss-reactive ketones (excluding diaryl/α,β-unsaturated/α-hetero) is 1. The number of carboxylic acid groups (broad SMARTS) is 1. The quantitative estimate of drug-likeness (QED) is 0.150. The van der Waals surface area contributed by atoms with Crippen LogP contribution < -0.4 is 5.32 Å². The molecule has 8 atom stereocenters. The van der Waals surface area contributed by atoms with Crippen LogP contribution in [-0.2, 0) is 30.5 Å². The second kappa shape index (κ2) is 17.1. The Morgan fingerprint density at radius 3 is 2.34 bits per heavy atom. The lowest BCUT2D eigenvalue weighted by atomic mass is 9.36. The fourth-order valence-corrected chi connectivity index (χ4v) is 13.2. The van der Waals surface area contributed by atoms with Gasteiger partial charge in [0.1, 0.15) is 12.4 Å². The van der Waals surface area contributed by atoms with Gasteiger partial charge in [-0.05, 0) is 150 Å². The number of carbonyl (C=O) groups is 4. The van der Waals surface area contributed by atoms with E-state index in [9.17, 15) is 19.5 Å². The Balaban J connectivity index is 0.00000194. The van der Waals surface area contributed by atoms with Gasteiger partial charge in [-0.3, -0.25) is 24.3 Å². The van der Waals surface area contributed by atoms with E-state index in [-0.39, 0.29) is 40.1 Å². The highest BCUT2D eigenvalue weighted by atomic mass is 16.5. The number of hydrogen-bond donors (Lipinski definition) is 2. The smallest absolute Gasteiger partial charge is 0.309 e. The number of aromatic nitrogens is 1. The molecule has 2 N–H and O–H groups in total. The number of carbonyl (C=O) groups excluding carboxylic acids is 3. The van der Waals surface area contributed by atoms with Crippen LogP contribution in [0.25, 0.3) is 0 Å². The molecule has 0 saturated heterocycles. The van der Waals surface area contributed by atoms with Crippen molar-refractivity contribution in [3.8, 4) is 0 Å². The summed E-state index contributed by atoms with van der Waals surface area (Å²) in [4.78, 5) is 54.9. The standard InChI is InChI=1S/C45H69N3O5.C2H4O/c1-29(2)38-33(49)26-45(21-24-48(25-23-46-9)28-30-12-10-11-22-47-30)20-15-32-31(39(38)45)13-14-35-43(32,7)18-16-34-42(5,6)36(17-19-44(34,35)8)53-37(50)27-41(3,4)40(51)52;1-2-3/h10-12,22,29,31-32,34-36,46H,13-21,23-28H2,1-9H3,(H,51,52);2H,1H3. The van der Waals surface area contributed by atoms with E-state index in [1.165, 1.54) is 31.8 Å². The van der Waals surface area contributed by atoms with Crippen molar-refractivity contribution in [1.82, 2.24) is 15.2 Å². The van der Waals surface area contributed by atoms with Crippen LogP contribution in [0.4, 0.5) is 0 Å². The normalized spacial score (nSPS) is 33.4. The summed E-state index contributed by atoms with van der Waals surface area (Å²) < 4.78 is 6.18. The van der Waals surface area contributed by atoms with Gasteiger partial charge >= 0.3 is 11.9 Å². The zero-order valence-electron chi connectivity index (χ0n) is 36.3. The second-order valence-electron chi connectivity index (χ2n) is 20.2. The maximum Gasteiger partial charge on any atom is 0.309 e. The fraction of sp³-hybridized carbons (Fsp3) is 0.766. The summed E-state index contributed by atoms with van der Waals surface area (Å²) in [5.74, 6) is 1.33. The number of aliphatic carboxylic acids is 1. The summed E-state index contributed by atoms with van der Waals surface area (Å²) in [6.07, 6.45) is 12.8. The Kier molecular flexibility index (Phi) is 13.5. The molecule has 56 heavy (non-hydrogen) atoms. The zero-order valence-corrected chi connectivity index (χ0v) is 36.3. The number of aldehydes is 1. The van der Waals surface area contributed by atoms with Gasteiger partial charge < -0.3 is 20.0 Å². The number of fused-ring (bicyclic) bond motifs is 7. The molecule has 8 unspecified atom stereocenters. The number of likely N-dealkylation sites (N-methyl/N-ethyl adjacent to an activating group) is 1. The first kappa shape index (κ1) is 44.2. The van der Waals surface area contributed by atoms with Crippen molar-refractivity contribution in [2.24, 2.45) is 56.7 Å². The van der Waals surface area contributed by atoms with E-state index in [1.54, 1.807) is 19.4 Å². The van der Waals surface area contributed by atoms with E-state index in [0.717, 1.165) is 76.7 Å². The monoisotopic (exact) mass is 776 g/mol. The van der Waals surface area contributed by atoms with Crippen LogP contribution >= 0.6 is 0 Å². The number of hydrogen-bond acceptors (Lipinski definition) is 8. The van der Waals surface area contributed by atoms with Gasteiger partial charge in [0, 0.05) is 43.1 Å². The minimum absolute atomic E-state index is 0.0384. The van der Waals surface area contributed by atoms with E-state index in [4.69, 9.17) is 9.53 Å². The number of ether oxygens (including phenoxy) is 1. The number of nitrogens with one attached hydrogen (secondary N) is 1. The fourth-order valence-electron chi connectivity index (χ4n) is 13.2. The van der Waals surface area contributed by atoms with E-state index in [2.05, 4.69) is 68.9 Å². The lowest BCUT2D eigenvalue weighted by Gasteiger charge is -2.69. The van der Waals surface area contributed by atoms with Gasteiger partial charge in [-0.2, -0.15) is 0 Å². The van der Waals surface area contributed by atoms with E-state index in [0.29, 0.717) is 35.9 Å². The second-order valence-corrected chi connectivity index (χ2v) is 20.2. The van der Waals surface area contributed by atoms with Crippen molar-refractivity contribution in [1.29, 1.82) is 0 Å². The van der Waals surface area contributed by atoms with Crippen LogP contribution in [0.1, 0.15) is 139 Å². The molecular formula is C47H73N3O6. The van der Waals surface area contributed by atoms with Gasteiger partial charge in [-0.15, -0.1) is 0 Å². The van der Waals surface area contributed by atoms with Crippen molar-refractivity contribution < 1.29 is 29.0 Å². The summed E-state index contributed by atoms with van der Waals surface area (Å²) in [5, 5.41) is 13.0. The molecule has 0 spiro atoms. The predicted octanol–water partition coefficient (Wildman–Crippen LogP) is 8.70. The van der Waals surface area contributed by atoms with Crippen LogP contribution in [0.2, 0.25) is 0 Å². The summed E-state index contributed by atoms with van der Waals surface area (Å²) in [7, 11) is 2.02. The summed E-state index contributed by atoms with van der Waals surface area (Å²) in [6, 6.07) is 6.17. The molecule has 312 valence electrons. The topological polar surface area (TPSA) is 126 Å². The van der Waals surface area contributed by atoms with E-state index >= 15 is 0 Å². The van der Waals surface area contributed by atoms with Crippen molar-refractivity contribution in [2.45, 2.75) is 146 Å². The lowest BCUT2D eigenvalue weighted by Crippen LogP contribution is -2.63. The van der Waals surface area contributed by atoms with Crippen LogP contribution in [0, 0.1) is 56.7 Å². The first-order valence-corrected chi connectivity index (χ1v) is 21.7. The number of pyridine rings is 1. The van der Waals surface area contributed by atoms with Crippen molar-refractivity contribution >= 4 is 24.0 Å². The van der Waals surface area contributed by atoms with Crippen molar-refractivity contribution in [3.05, 3.63) is 41.2 Å². The summed E-state index contributed by atoms with van der Waals surface area (Å²) in [6.45, 7) is 22.6. The van der Waals surface area contributed by atoms with Gasteiger partial charge in [-0.1, -0.05) is 53.2 Å². The third-order valence-corrected chi connectivity index (χ3v) is 15.8. The number of nitrogens with zero attached hydrogens (tertiary/aromatic N) is 2. The van der Waals surface area contributed by atoms with Crippen molar-refractivity contribution in [2.75, 3.05) is 26.7 Å². The molecule has 4 saturated carbocycles. The van der Waals surface area contributed by atoms with E-state index < -0.39 is 17.4 Å². The Morgan fingerprint density at radius 2 is 1.71 bits per heavy atom. The first-order valence-electron chi connectivity index (χ1n) is 21.7. The minimum atomic E-state index is -1.15. The largest absolute Gasteiger partial charge is 0.481 e. The number of esters is 1. The Bertz CT molecular complexity index is 1620. The van der Waals surface area contributed by atoms with Gasteiger partial charge in [0.25, 0.3) is 0 Å². The maximum absolute atomic E-state index is 14.1. The molecule has 5 aliphatic rings. The molecule has 0 aliphatic heterocycles. The molecule has 1 aromatic rings. The maximum atomic E-state index is 14.1. The summed E-state index contributed by atoms with van der Waals surface area (Å²) >= 11 is 0. The predicted molar refractivity (Wildman–Crippen MR) is 221 cm³/mol. The van der Waals surface area contributed by atoms with Crippen LogP contribution in [0.3, 0.4) is 0 Å². The van der Waals surface area contributed by atoms with Crippen LogP contribution in [0.15, 0.2) is 35.5 Å². The van der Waals surface area contributed by atoms with Crippen LogP contribution in [-0.4, -0.2) is 71.8 Å². The third-order valence-electron chi connectivity index (χ3n) is 15.8. The van der Waals surface area contributed by atoms with Gasteiger partial charge in [0.2, 0.25) is 0 Å².